The molecule has 1 aromatic rings. The Kier molecular flexibility index (Phi) is 5.35. The molecule has 0 aliphatic carbocycles. The summed E-state index contributed by atoms with van der Waals surface area (Å²) >= 11 is 0. The predicted molar refractivity (Wildman–Crippen MR) is 84.6 cm³/mol. The monoisotopic (exact) mass is 276 g/mol. The Morgan fingerprint density at radius 1 is 1.25 bits per heavy atom. The molecule has 0 heterocycles. The summed E-state index contributed by atoms with van der Waals surface area (Å²) in [5.74, 6) is -0.0733. The average Bonchev–Trinajstić information content (AvgIpc) is 2.39. The van der Waals surface area contributed by atoms with Crippen LogP contribution in [0.2, 0.25) is 0 Å². The fourth-order valence-corrected chi connectivity index (χ4v) is 2.29. The number of nitrogens with two attached hydrogens (primary N) is 1. The summed E-state index contributed by atoms with van der Waals surface area (Å²) in [6.45, 7) is 10.2. The number of hydrogen-bond donors (Lipinski definition) is 2. The quantitative estimate of drug-likeness (QED) is 0.839. The Morgan fingerprint density at radius 2 is 1.80 bits per heavy atom. The van der Waals surface area contributed by atoms with Crippen LogP contribution in [0, 0.1) is 0 Å². The van der Waals surface area contributed by atoms with Gasteiger partial charge in [-0.3, -0.25) is 4.79 Å². The zero-order chi connectivity index (χ0) is 15.4. The molecule has 0 saturated carbocycles. The fourth-order valence-electron chi connectivity index (χ4n) is 2.29. The van der Waals surface area contributed by atoms with Crippen LogP contribution < -0.4 is 11.1 Å². The normalized spacial score (nSPS) is 16.3. The molecule has 0 aliphatic rings. The molecular weight excluding hydrogens is 248 g/mol. The first-order valence-electron chi connectivity index (χ1n) is 7.37. The van der Waals surface area contributed by atoms with Gasteiger partial charge in [0.25, 0.3) is 0 Å². The van der Waals surface area contributed by atoms with Crippen molar-refractivity contribution < 1.29 is 4.79 Å². The molecule has 20 heavy (non-hydrogen) atoms. The Morgan fingerprint density at radius 3 is 2.30 bits per heavy atom. The molecule has 2 unspecified atom stereocenters. The van der Waals surface area contributed by atoms with E-state index in [4.69, 9.17) is 5.73 Å². The van der Waals surface area contributed by atoms with Crippen molar-refractivity contribution in [1.82, 2.24) is 5.32 Å². The van der Waals surface area contributed by atoms with Crippen molar-refractivity contribution >= 4 is 5.91 Å². The molecule has 2 atom stereocenters. The molecule has 112 valence electrons. The van der Waals surface area contributed by atoms with Gasteiger partial charge in [-0.05, 0) is 25.8 Å². The van der Waals surface area contributed by atoms with Gasteiger partial charge in [0.05, 0.1) is 5.54 Å². The van der Waals surface area contributed by atoms with E-state index >= 15 is 0 Å². The topological polar surface area (TPSA) is 55.1 Å². The maximum absolute atomic E-state index is 12.3. The van der Waals surface area contributed by atoms with Crippen molar-refractivity contribution in [3.63, 3.8) is 0 Å². The van der Waals surface area contributed by atoms with Crippen LogP contribution in [-0.2, 0) is 10.2 Å². The lowest BCUT2D eigenvalue weighted by Crippen LogP contribution is -2.56. The molecule has 3 N–H and O–H groups in total. The van der Waals surface area contributed by atoms with Crippen molar-refractivity contribution in [2.45, 2.75) is 64.5 Å². The molecule has 0 fully saturated rings. The van der Waals surface area contributed by atoms with E-state index < -0.39 is 5.54 Å². The van der Waals surface area contributed by atoms with E-state index in [2.05, 4.69) is 31.3 Å². The van der Waals surface area contributed by atoms with Gasteiger partial charge in [-0.1, -0.05) is 57.5 Å². The standard InChI is InChI=1S/C17H28N2O/c1-6-12-17(5,18)15(20)19-13(2)16(3,4)14-10-8-7-9-11-14/h7-11,13H,6,12,18H2,1-5H3,(H,19,20). The lowest BCUT2D eigenvalue weighted by molar-refractivity contribution is -0.127. The third-order valence-electron chi connectivity index (χ3n) is 4.24. The summed E-state index contributed by atoms with van der Waals surface area (Å²) in [5, 5.41) is 3.08. The maximum atomic E-state index is 12.3. The van der Waals surface area contributed by atoms with E-state index in [1.807, 2.05) is 32.0 Å². The minimum atomic E-state index is -0.796. The fraction of sp³-hybridized carbons (Fsp3) is 0.588. The Hall–Kier alpha value is -1.35. The van der Waals surface area contributed by atoms with Crippen molar-refractivity contribution in [3.8, 4) is 0 Å². The third-order valence-corrected chi connectivity index (χ3v) is 4.24. The maximum Gasteiger partial charge on any atom is 0.240 e. The van der Waals surface area contributed by atoms with Crippen molar-refractivity contribution in [1.29, 1.82) is 0 Å². The van der Waals surface area contributed by atoms with Crippen LogP contribution in [0.15, 0.2) is 30.3 Å². The smallest absolute Gasteiger partial charge is 0.240 e. The van der Waals surface area contributed by atoms with Crippen LogP contribution in [0.1, 0.15) is 53.0 Å². The SMILES string of the molecule is CCCC(C)(N)C(=O)NC(C)C(C)(C)c1ccccc1. The van der Waals surface area contributed by atoms with Gasteiger partial charge in [-0.2, -0.15) is 0 Å². The number of hydrogen-bond acceptors (Lipinski definition) is 2. The molecule has 0 saturated heterocycles. The van der Waals surface area contributed by atoms with Crippen LogP contribution in [0.5, 0.6) is 0 Å². The molecule has 3 nitrogen and oxygen atoms in total. The molecule has 1 aromatic carbocycles. The summed E-state index contributed by atoms with van der Waals surface area (Å²) in [6.07, 6.45) is 1.59. The molecular formula is C17H28N2O. The number of carbonyl (C=O) groups excluding carboxylic acids is 1. The minimum absolute atomic E-state index is 0.0112. The molecule has 0 aromatic heterocycles. The largest absolute Gasteiger partial charge is 0.351 e. The van der Waals surface area contributed by atoms with Gasteiger partial charge < -0.3 is 11.1 Å². The summed E-state index contributed by atoms with van der Waals surface area (Å²) < 4.78 is 0. The van der Waals surface area contributed by atoms with E-state index in [0.29, 0.717) is 6.42 Å². The Balaban J connectivity index is 2.80. The van der Waals surface area contributed by atoms with E-state index in [1.54, 1.807) is 6.92 Å². The third kappa shape index (κ3) is 3.83. The minimum Gasteiger partial charge on any atom is -0.351 e. The number of benzene rings is 1. The zero-order valence-electron chi connectivity index (χ0n) is 13.4. The van der Waals surface area contributed by atoms with Gasteiger partial charge in [-0.15, -0.1) is 0 Å². The first-order chi connectivity index (χ1) is 9.21. The van der Waals surface area contributed by atoms with E-state index in [-0.39, 0.29) is 17.4 Å². The van der Waals surface area contributed by atoms with Crippen LogP contribution in [0.25, 0.3) is 0 Å². The summed E-state index contributed by atoms with van der Waals surface area (Å²) in [7, 11) is 0. The Labute approximate surface area is 122 Å². The van der Waals surface area contributed by atoms with Gasteiger partial charge in [0, 0.05) is 11.5 Å². The molecule has 0 aliphatic heterocycles. The van der Waals surface area contributed by atoms with Crippen LogP contribution in [0.3, 0.4) is 0 Å². The number of rotatable bonds is 6. The molecule has 0 bridgehead atoms. The van der Waals surface area contributed by atoms with Crippen LogP contribution >= 0.6 is 0 Å². The van der Waals surface area contributed by atoms with Gasteiger partial charge in [0.2, 0.25) is 5.91 Å². The molecule has 0 spiro atoms. The van der Waals surface area contributed by atoms with Crippen LogP contribution in [0.4, 0.5) is 0 Å². The van der Waals surface area contributed by atoms with Gasteiger partial charge in [-0.25, -0.2) is 0 Å². The number of carbonyl (C=O) groups is 1. The number of amides is 1. The van der Waals surface area contributed by atoms with E-state index in [1.165, 1.54) is 5.56 Å². The molecule has 3 heteroatoms. The predicted octanol–water partition coefficient (Wildman–Crippen LogP) is 2.99. The second-order valence-corrected chi connectivity index (χ2v) is 6.45. The van der Waals surface area contributed by atoms with Gasteiger partial charge in [0.1, 0.15) is 0 Å². The highest BCUT2D eigenvalue weighted by Crippen LogP contribution is 2.27. The summed E-state index contributed by atoms with van der Waals surface area (Å²) in [4.78, 5) is 12.3. The van der Waals surface area contributed by atoms with E-state index in [9.17, 15) is 4.79 Å². The van der Waals surface area contributed by atoms with Crippen molar-refractivity contribution in [2.75, 3.05) is 0 Å². The second kappa shape index (κ2) is 6.40. The molecule has 0 radical (unpaired) electrons. The summed E-state index contributed by atoms with van der Waals surface area (Å²) in [5.41, 5.74) is 6.36. The van der Waals surface area contributed by atoms with Crippen molar-refractivity contribution in [2.24, 2.45) is 5.73 Å². The number of nitrogens with one attached hydrogen (secondary N) is 1. The second-order valence-electron chi connectivity index (χ2n) is 6.45. The van der Waals surface area contributed by atoms with Crippen molar-refractivity contribution in [3.05, 3.63) is 35.9 Å². The first-order valence-corrected chi connectivity index (χ1v) is 7.37. The highest BCUT2D eigenvalue weighted by Gasteiger charge is 2.33. The average molecular weight is 276 g/mol. The lowest BCUT2D eigenvalue weighted by Gasteiger charge is -2.35. The van der Waals surface area contributed by atoms with E-state index in [0.717, 1.165) is 6.42 Å². The first kappa shape index (κ1) is 16.7. The zero-order valence-corrected chi connectivity index (χ0v) is 13.4. The molecule has 1 rings (SSSR count). The molecule has 1 amide bonds. The highest BCUT2D eigenvalue weighted by molar-refractivity contribution is 5.85. The van der Waals surface area contributed by atoms with Gasteiger partial charge in [0.15, 0.2) is 0 Å². The van der Waals surface area contributed by atoms with Crippen LogP contribution in [-0.4, -0.2) is 17.5 Å². The summed E-state index contributed by atoms with van der Waals surface area (Å²) in [6, 6.07) is 10.2. The lowest BCUT2D eigenvalue weighted by atomic mass is 9.78. The Bertz CT molecular complexity index is 438. The van der Waals surface area contributed by atoms with Gasteiger partial charge >= 0.3 is 0 Å². The highest BCUT2D eigenvalue weighted by atomic mass is 16.2.